The number of nitrogens with zero attached hydrogens (tertiary/aromatic N) is 2. The van der Waals surface area contributed by atoms with E-state index in [2.05, 4.69) is 10.1 Å². The Morgan fingerprint density at radius 1 is 1.50 bits per heavy atom. The van der Waals surface area contributed by atoms with Gasteiger partial charge < -0.3 is 14.6 Å². The molecule has 0 atom stereocenters. The van der Waals surface area contributed by atoms with Crippen LogP contribution in [-0.4, -0.2) is 41.7 Å². The van der Waals surface area contributed by atoms with Crippen molar-refractivity contribution in [1.82, 2.24) is 10.1 Å². The SMILES string of the molecule is CC(C)c1noc(OCC2(CO)COC2)n1. The highest BCUT2D eigenvalue weighted by Gasteiger charge is 2.39. The molecule has 1 saturated heterocycles. The first-order valence-corrected chi connectivity index (χ1v) is 5.30. The van der Waals surface area contributed by atoms with Crippen molar-refractivity contribution in [3.63, 3.8) is 0 Å². The highest BCUT2D eigenvalue weighted by molar-refractivity contribution is 4.96. The molecule has 1 fully saturated rings. The van der Waals surface area contributed by atoms with Crippen LogP contribution in [0.1, 0.15) is 25.6 Å². The van der Waals surface area contributed by atoms with Crippen molar-refractivity contribution in [3.8, 4) is 6.08 Å². The fraction of sp³-hybridized carbons (Fsp3) is 0.800. The predicted molar refractivity (Wildman–Crippen MR) is 54.2 cm³/mol. The third-order valence-electron chi connectivity index (χ3n) is 2.59. The molecule has 1 aliphatic heterocycles. The zero-order valence-corrected chi connectivity index (χ0v) is 9.47. The zero-order valence-electron chi connectivity index (χ0n) is 9.47. The van der Waals surface area contributed by atoms with Gasteiger partial charge in [0.2, 0.25) is 0 Å². The summed E-state index contributed by atoms with van der Waals surface area (Å²) >= 11 is 0. The van der Waals surface area contributed by atoms with E-state index in [4.69, 9.17) is 14.0 Å². The average Bonchev–Trinajstić information content (AvgIpc) is 2.65. The summed E-state index contributed by atoms with van der Waals surface area (Å²) in [4.78, 5) is 4.08. The Balaban J connectivity index is 1.89. The maximum Gasteiger partial charge on any atom is 0.417 e. The van der Waals surface area contributed by atoms with Gasteiger partial charge >= 0.3 is 6.08 Å². The molecule has 1 N–H and O–H groups in total. The first kappa shape index (κ1) is 11.3. The summed E-state index contributed by atoms with van der Waals surface area (Å²) < 4.78 is 15.3. The van der Waals surface area contributed by atoms with Crippen LogP contribution in [0.25, 0.3) is 0 Å². The van der Waals surface area contributed by atoms with E-state index >= 15 is 0 Å². The van der Waals surface area contributed by atoms with Crippen molar-refractivity contribution in [2.75, 3.05) is 26.4 Å². The number of aromatic nitrogens is 2. The van der Waals surface area contributed by atoms with E-state index in [0.29, 0.717) is 25.6 Å². The van der Waals surface area contributed by atoms with Gasteiger partial charge in [0.15, 0.2) is 5.82 Å². The second kappa shape index (κ2) is 4.39. The van der Waals surface area contributed by atoms with Crippen molar-refractivity contribution in [2.24, 2.45) is 5.41 Å². The Hall–Kier alpha value is -1.14. The monoisotopic (exact) mass is 228 g/mol. The topological polar surface area (TPSA) is 77.6 Å². The van der Waals surface area contributed by atoms with Crippen LogP contribution in [0.2, 0.25) is 0 Å². The molecular formula is C10H16N2O4. The normalized spacial score (nSPS) is 18.5. The Morgan fingerprint density at radius 2 is 2.25 bits per heavy atom. The molecule has 0 aromatic carbocycles. The summed E-state index contributed by atoms with van der Waals surface area (Å²) in [6.45, 7) is 5.35. The van der Waals surface area contributed by atoms with E-state index < -0.39 is 0 Å². The largest absolute Gasteiger partial charge is 0.448 e. The van der Waals surface area contributed by atoms with E-state index in [1.165, 1.54) is 0 Å². The lowest BCUT2D eigenvalue weighted by Gasteiger charge is -2.38. The van der Waals surface area contributed by atoms with Crippen LogP contribution in [-0.2, 0) is 4.74 Å². The van der Waals surface area contributed by atoms with Crippen LogP contribution in [0.4, 0.5) is 0 Å². The van der Waals surface area contributed by atoms with Crippen LogP contribution in [0.5, 0.6) is 6.08 Å². The van der Waals surface area contributed by atoms with Crippen LogP contribution < -0.4 is 4.74 Å². The van der Waals surface area contributed by atoms with Crippen LogP contribution in [0.15, 0.2) is 4.52 Å². The molecular weight excluding hydrogens is 212 g/mol. The molecule has 0 spiro atoms. The van der Waals surface area contributed by atoms with E-state index in [9.17, 15) is 5.11 Å². The summed E-state index contributed by atoms with van der Waals surface area (Å²) in [5.41, 5.74) is -0.299. The lowest BCUT2D eigenvalue weighted by molar-refractivity contribution is -0.156. The minimum Gasteiger partial charge on any atom is -0.448 e. The lowest BCUT2D eigenvalue weighted by atomic mass is 9.88. The molecule has 2 rings (SSSR count). The van der Waals surface area contributed by atoms with Crippen molar-refractivity contribution in [1.29, 1.82) is 0 Å². The molecule has 6 heteroatoms. The quantitative estimate of drug-likeness (QED) is 0.794. The average molecular weight is 228 g/mol. The molecule has 2 heterocycles. The number of hydrogen-bond donors (Lipinski definition) is 1. The Labute approximate surface area is 93.6 Å². The van der Waals surface area contributed by atoms with Gasteiger partial charge in [-0.25, -0.2) is 0 Å². The van der Waals surface area contributed by atoms with Gasteiger partial charge in [-0.15, -0.1) is 0 Å². The lowest BCUT2D eigenvalue weighted by Crippen LogP contribution is -2.49. The number of ether oxygens (including phenoxy) is 2. The second-order valence-corrected chi connectivity index (χ2v) is 4.51. The third-order valence-corrected chi connectivity index (χ3v) is 2.59. The van der Waals surface area contributed by atoms with Gasteiger partial charge in [-0.1, -0.05) is 19.0 Å². The fourth-order valence-electron chi connectivity index (χ4n) is 1.34. The van der Waals surface area contributed by atoms with Gasteiger partial charge in [-0.3, -0.25) is 4.52 Å². The van der Waals surface area contributed by atoms with Gasteiger partial charge in [0.25, 0.3) is 0 Å². The molecule has 0 aliphatic carbocycles. The highest BCUT2D eigenvalue weighted by atomic mass is 16.6. The van der Waals surface area contributed by atoms with Gasteiger partial charge in [0.05, 0.1) is 25.2 Å². The van der Waals surface area contributed by atoms with Gasteiger partial charge in [-0.05, 0) is 0 Å². The van der Waals surface area contributed by atoms with Gasteiger partial charge in [-0.2, -0.15) is 4.98 Å². The van der Waals surface area contributed by atoms with Crippen molar-refractivity contribution < 1.29 is 19.1 Å². The van der Waals surface area contributed by atoms with Crippen LogP contribution in [0, 0.1) is 5.41 Å². The molecule has 1 aromatic rings. The first-order valence-electron chi connectivity index (χ1n) is 5.30. The Bertz CT molecular complexity index is 341. The summed E-state index contributed by atoms with van der Waals surface area (Å²) in [5.74, 6) is 0.831. The van der Waals surface area contributed by atoms with E-state index in [-0.39, 0.29) is 24.0 Å². The van der Waals surface area contributed by atoms with E-state index in [0.717, 1.165) is 0 Å². The van der Waals surface area contributed by atoms with Crippen molar-refractivity contribution >= 4 is 0 Å². The Kier molecular flexibility index (Phi) is 3.11. The highest BCUT2D eigenvalue weighted by Crippen LogP contribution is 2.27. The van der Waals surface area contributed by atoms with Crippen LogP contribution in [0.3, 0.4) is 0 Å². The number of hydrogen-bond acceptors (Lipinski definition) is 6. The number of aliphatic hydroxyl groups is 1. The Morgan fingerprint density at radius 3 is 2.69 bits per heavy atom. The maximum atomic E-state index is 9.18. The standard InChI is InChI=1S/C10H16N2O4/c1-7(2)8-11-9(16-12-8)15-6-10(3-13)4-14-5-10/h7,13H,3-6H2,1-2H3. The zero-order chi connectivity index (χ0) is 11.6. The summed E-state index contributed by atoms with van der Waals surface area (Å²) in [6, 6.07) is 0. The summed E-state index contributed by atoms with van der Waals surface area (Å²) in [7, 11) is 0. The molecule has 0 bridgehead atoms. The number of rotatable bonds is 5. The molecule has 6 nitrogen and oxygen atoms in total. The second-order valence-electron chi connectivity index (χ2n) is 4.51. The summed E-state index contributed by atoms with van der Waals surface area (Å²) in [6.07, 6.45) is 0.156. The van der Waals surface area contributed by atoms with Crippen LogP contribution >= 0.6 is 0 Å². The van der Waals surface area contributed by atoms with Gasteiger partial charge in [0.1, 0.15) is 6.61 Å². The molecule has 0 unspecified atom stereocenters. The fourth-order valence-corrected chi connectivity index (χ4v) is 1.34. The molecule has 16 heavy (non-hydrogen) atoms. The van der Waals surface area contributed by atoms with E-state index in [1.807, 2.05) is 13.8 Å². The van der Waals surface area contributed by atoms with E-state index in [1.54, 1.807) is 0 Å². The molecule has 1 aromatic heterocycles. The maximum absolute atomic E-state index is 9.18. The van der Waals surface area contributed by atoms with Crippen molar-refractivity contribution in [2.45, 2.75) is 19.8 Å². The van der Waals surface area contributed by atoms with Crippen molar-refractivity contribution in [3.05, 3.63) is 5.82 Å². The molecule has 0 amide bonds. The minimum atomic E-state index is -0.299. The molecule has 0 saturated carbocycles. The minimum absolute atomic E-state index is 0.0399. The molecule has 1 aliphatic rings. The molecule has 90 valence electrons. The third kappa shape index (κ3) is 2.17. The summed E-state index contributed by atoms with van der Waals surface area (Å²) in [5, 5.41) is 13.0. The van der Waals surface area contributed by atoms with Gasteiger partial charge in [0, 0.05) is 5.92 Å². The molecule has 0 radical (unpaired) electrons. The predicted octanol–water partition coefficient (Wildman–Crippen LogP) is 0.581. The smallest absolute Gasteiger partial charge is 0.417 e. The number of aliphatic hydroxyl groups excluding tert-OH is 1. The first-order chi connectivity index (χ1) is 7.65.